The summed E-state index contributed by atoms with van der Waals surface area (Å²) < 4.78 is 0. The van der Waals surface area contributed by atoms with E-state index in [4.69, 9.17) is 0 Å². The second kappa shape index (κ2) is 8.48. The third-order valence-electron chi connectivity index (χ3n) is 5.56. The summed E-state index contributed by atoms with van der Waals surface area (Å²) in [6.07, 6.45) is 0.576. The van der Waals surface area contributed by atoms with Crippen LogP contribution in [0.15, 0.2) is 84.4 Å². The average molecular weight is 413 g/mol. The summed E-state index contributed by atoms with van der Waals surface area (Å²) in [5.41, 5.74) is 3.27. The molecule has 5 heteroatoms. The number of aryl methyl sites for hydroxylation is 1. The number of phenols is 1. The summed E-state index contributed by atoms with van der Waals surface area (Å²) in [5, 5.41) is 20.7. The van der Waals surface area contributed by atoms with Gasteiger partial charge in [0.15, 0.2) is 0 Å². The van der Waals surface area contributed by atoms with Gasteiger partial charge < -0.3 is 15.1 Å². The van der Waals surface area contributed by atoms with Gasteiger partial charge in [-0.1, -0.05) is 72.3 Å². The molecule has 1 saturated heterocycles. The van der Waals surface area contributed by atoms with Crippen molar-refractivity contribution in [1.82, 2.24) is 4.90 Å². The number of hydrogen-bond acceptors (Lipinski definition) is 4. The number of likely N-dealkylation sites (tertiary alicyclic amines) is 1. The van der Waals surface area contributed by atoms with Crippen molar-refractivity contribution in [1.29, 1.82) is 0 Å². The average Bonchev–Trinajstić information content (AvgIpc) is 3.04. The first-order chi connectivity index (χ1) is 15.0. The van der Waals surface area contributed by atoms with Crippen LogP contribution in [0, 0.1) is 6.92 Å². The third kappa shape index (κ3) is 4.08. The normalized spacial score (nSPS) is 17.8. The molecule has 3 aromatic carbocycles. The van der Waals surface area contributed by atoms with E-state index < -0.39 is 17.7 Å². The minimum absolute atomic E-state index is 0.0626. The third-order valence-corrected chi connectivity index (χ3v) is 5.56. The number of aromatic hydroxyl groups is 1. The topological polar surface area (TPSA) is 77.8 Å². The molecule has 4 rings (SSSR count). The lowest BCUT2D eigenvalue weighted by atomic mass is 9.95. The molecule has 0 unspecified atom stereocenters. The zero-order valence-electron chi connectivity index (χ0n) is 17.2. The molecule has 1 aliphatic heterocycles. The highest BCUT2D eigenvalue weighted by atomic mass is 16.3. The number of aliphatic hydroxyl groups excluding tert-OH is 1. The number of ketones is 1. The van der Waals surface area contributed by atoms with E-state index in [1.165, 1.54) is 17.0 Å². The van der Waals surface area contributed by atoms with Crippen molar-refractivity contribution in [2.45, 2.75) is 19.4 Å². The molecule has 1 heterocycles. The molecule has 5 nitrogen and oxygen atoms in total. The molecule has 3 aromatic rings. The van der Waals surface area contributed by atoms with Gasteiger partial charge >= 0.3 is 0 Å². The van der Waals surface area contributed by atoms with Crippen LogP contribution < -0.4 is 0 Å². The number of nitrogens with zero attached hydrogens (tertiary/aromatic N) is 1. The van der Waals surface area contributed by atoms with E-state index in [9.17, 15) is 19.8 Å². The fourth-order valence-corrected chi connectivity index (χ4v) is 3.87. The van der Waals surface area contributed by atoms with Crippen molar-refractivity contribution in [2.24, 2.45) is 0 Å². The summed E-state index contributed by atoms with van der Waals surface area (Å²) >= 11 is 0. The van der Waals surface area contributed by atoms with E-state index in [1.54, 1.807) is 24.3 Å². The number of carbonyl (C=O) groups is 2. The molecule has 1 aliphatic rings. The molecule has 0 saturated carbocycles. The smallest absolute Gasteiger partial charge is 0.295 e. The number of phenolic OH excluding ortho intramolecular Hbond substituents is 1. The quantitative estimate of drug-likeness (QED) is 0.370. The Morgan fingerprint density at radius 1 is 0.903 bits per heavy atom. The highest BCUT2D eigenvalue weighted by Crippen LogP contribution is 2.39. The van der Waals surface area contributed by atoms with Gasteiger partial charge in [0.25, 0.3) is 11.7 Å². The van der Waals surface area contributed by atoms with Gasteiger partial charge in [0.05, 0.1) is 11.6 Å². The molecule has 156 valence electrons. The van der Waals surface area contributed by atoms with Crippen LogP contribution in [0.4, 0.5) is 0 Å². The molecular weight excluding hydrogens is 390 g/mol. The van der Waals surface area contributed by atoms with Crippen LogP contribution in [0.25, 0.3) is 5.76 Å². The van der Waals surface area contributed by atoms with Crippen molar-refractivity contribution in [2.75, 3.05) is 6.54 Å². The number of aliphatic hydroxyl groups is 1. The highest BCUT2D eigenvalue weighted by molar-refractivity contribution is 6.46. The maximum atomic E-state index is 13.0. The standard InChI is InChI=1S/C26H23NO4/c1-17-7-9-20(10-8-17)24(29)22-23(19-11-13-21(28)14-12-19)27(26(31)25(22)30)16-15-18-5-3-2-4-6-18/h2-14,23,28-29H,15-16H2,1H3/t23-/m0/s1. The summed E-state index contributed by atoms with van der Waals surface area (Å²) in [4.78, 5) is 27.5. The van der Waals surface area contributed by atoms with E-state index in [2.05, 4.69) is 0 Å². The lowest BCUT2D eigenvalue weighted by Gasteiger charge is -2.25. The molecule has 0 aromatic heterocycles. The molecule has 1 atom stereocenters. The second-order valence-electron chi connectivity index (χ2n) is 7.69. The Kier molecular flexibility index (Phi) is 5.58. The number of carbonyl (C=O) groups excluding carboxylic acids is 2. The zero-order valence-corrected chi connectivity index (χ0v) is 17.2. The SMILES string of the molecule is Cc1ccc(C(O)=C2C(=O)C(=O)N(CCc3ccccc3)[C@H]2c2ccc(O)cc2)cc1. The Bertz CT molecular complexity index is 1130. The van der Waals surface area contributed by atoms with E-state index >= 15 is 0 Å². The van der Waals surface area contributed by atoms with E-state index in [-0.39, 0.29) is 17.1 Å². The first-order valence-electron chi connectivity index (χ1n) is 10.1. The van der Waals surface area contributed by atoms with Crippen molar-refractivity contribution in [3.8, 4) is 5.75 Å². The lowest BCUT2D eigenvalue weighted by Crippen LogP contribution is -2.31. The van der Waals surface area contributed by atoms with Crippen LogP contribution >= 0.6 is 0 Å². The van der Waals surface area contributed by atoms with Gasteiger partial charge in [-0.05, 0) is 36.6 Å². The molecule has 2 N–H and O–H groups in total. The molecule has 1 fully saturated rings. The second-order valence-corrected chi connectivity index (χ2v) is 7.69. The van der Waals surface area contributed by atoms with Gasteiger partial charge in [0.1, 0.15) is 11.5 Å². The van der Waals surface area contributed by atoms with Crippen LogP contribution in [0.2, 0.25) is 0 Å². The Balaban J connectivity index is 1.78. The predicted molar refractivity (Wildman–Crippen MR) is 118 cm³/mol. The van der Waals surface area contributed by atoms with Crippen molar-refractivity contribution in [3.63, 3.8) is 0 Å². The van der Waals surface area contributed by atoms with Crippen LogP contribution in [0.5, 0.6) is 5.75 Å². The van der Waals surface area contributed by atoms with Gasteiger partial charge in [-0.3, -0.25) is 9.59 Å². The Morgan fingerprint density at radius 3 is 2.19 bits per heavy atom. The minimum atomic E-state index is -0.731. The largest absolute Gasteiger partial charge is 0.508 e. The van der Waals surface area contributed by atoms with E-state index in [0.717, 1.165) is 11.1 Å². The highest BCUT2D eigenvalue weighted by Gasteiger charge is 2.45. The number of amides is 1. The van der Waals surface area contributed by atoms with E-state index in [0.29, 0.717) is 24.1 Å². The first-order valence-corrected chi connectivity index (χ1v) is 10.1. The summed E-state index contributed by atoms with van der Waals surface area (Å²) in [7, 11) is 0. The van der Waals surface area contributed by atoms with Crippen molar-refractivity contribution < 1.29 is 19.8 Å². The van der Waals surface area contributed by atoms with Crippen molar-refractivity contribution in [3.05, 3.63) is 107 Å². The summed E-state index contributed by atoms with van der Waals surface area (Å²) in [6.45, 7) is 2.26. The number of rotatable bonds is 5. The fourth-order valence-electron chi connectivity index (χ4n) is 3.87. The van der Waals surface area contributed by atoms with Crippen LogP contribution in [0.1, 0.15) is 28.3 Å². The monoisotopic (exact) mass is 413 g/mol. The van der Waals surface area contributed by atoms with Gasteiger partial charge in [-0.25, -0.2) is 0 Å². The molecule has 1 amide bonds. The zero-order chi connectivity index (χ0) is 22.0. The lowest BCUT2D eigenvalue weighted by molar-refractivity contribution is -0.139. The number of benzene rings is 3. The fraction of sp³-hybridized carbons (Fsp3) is 0.154. The summed E-state index contributed by atoms with van der Waals surface area (Å²) in [6, 6.07) is 22.5. The van der Waals surface area contributed by atoms with Crippen LogP contribution in [0.3, 0.4) is 0 Å². The molecule has 0 spiro atoms. The summed E-state index contributed by atoms with van der Waals surface area (Å²) in [5.74, 6) is -1.45. The van der Waals surface area contributed by atoms with Crippen LogP contribution in [-0.2, 0) is 16.0 Å². The molecule has 0 radical (unpaired) electrons. The first kappa shape index (κ1) is 20.4. The predicted octanol–water partition coefficient (Wildman–Crippen LogP) is 4.37. The van der Waals surface area contributed by atoms with Gasteiger partial charge in [0.2, 0.25) is 0 Å². The molecular formula is C26H23NO4. The Labute approximate surface area is 180 Å². The van der Waals surface area contributed by atoms with Gasteiger partial charge in [-0.2, -0.15) is 0 Å². The Hall–Kier alpha value is -3.86. The molecule has 31 heavy (non-hydrogen) atoms. The van der Waals surface area contributed by atoms with Crippen molar-refractivity contribution >= 4 is 17.4 Å². The number of hydrogen-bond donors (Lipinski definition) is 2. The Morgan fingerprint density at radius 2 is 1.55 bits per heavy atom. The van der Waals surface area contributed by atoms with E-state index in [1.807, 2.05) is 49.4 Å². The minimum Gasteiger partial charge on any atom is -0.508 e. The van der Waals surface area contributed by atoms with Gasteiger partial charge in [0, 0.05) is 12.1 Å². The van der Waals surface area contributed by atoms with Crippen LogP contribution in [-0.4, -0.2) is 33.3 Å². The number of Topliss-reactive ketones (excluding diaryl/α,β-unsaturated/α-hetero) is 1. The molecule has 0 aliphatic carbocycles. The van der Waals surface area contributed by atoms with Gasteiger partial charge in [-0.15, -0.1) is 0 Å². The maximum absolute atomic E-state index is 13.0. The molecule has 0 bridgehead atoms. The maximum Gasteiger partial charge on any atom is 0.295 e.